The van der Waals surface area contributed by atoms with E-state index >= 15 is 0 Å². The Balaban J connectivity index is 2.50. The number of thiazole rings is 1. The zero-order chi connectivity index (χ0) is 10.8. The molecular weight excluding hydrogens is 228 g/mol. The highest BCUT2D eigenvalue weighted by Gasteiger charge is 2.08. The number of aromatic nitrogens is 1. The van der Waals surface area contributed by atoms with Crippen LogP contribution in [-0.4, -0.2) is 4.98 Å². The first kappa shape index (κ1) is 10.6. The number of nitrogens with zero attached hydrogens (tertiary/aromatic N) is 1. The van der Waals surface area contributed by atoms with E-state index in [1.54, 1.807) is 11.3 Å². The fraction of sp³-hybridized carbons (Fsp3) is 0.182. The van der Waals surface area contributed by atoms with Gasteiger partial charge < -0.3 is 5.73 Å². The van der Waals surface area contributed by atoms with E-state index in [1.807, 2.05) is 30.6 Å². The summed E-state index contributed by atoms with van der Waals surface area (Å²) in [4.78, 5) is 5.34. The Kier molecular flexibility index (Phi) is 3.05. The first-order valence-corrected chi connectivity index (χ1v) is 5.87. The van der Waals surface area contributed by atoms with E-state index in [0.29, 0.717) is 6.54 Å². The number of rotatable bonds is 2. The third kappa shape index (κ3) is 2.04. The molecule has 0 atom stereocenters. The van der Waals surface area contributed by atoms with E-state index in [9.17, 15) is 0 Å². The molecule has 1 aromatic carbocycles. The van der Waals surface area contributed by atoms with Gasteiger partial charge in [0.05, 0.1) is 16.1 Å². The molecule has 2 rings (SSSR count). The van der Waals surface area contributed by atoms with Crippen LogP contribution in [0.25, 0.3) is 10.4 Å². The second kappa shape index (κ2) is 4.31. The second-order valence-corrected chi connectivity index (χ2v) is 4.55. The number of nitrogens with two attached hydrogens (primary N) is 1. The van der Waals surface area contributed by atoms with E-state index < -0.39 is 0 Å². The molecular formula is C11H11ClN2S. The van der Waals surface area contributed by atoms with Crippen molar-refractivity contribution < 1.29 is 0 Å². The summed E-state index contributed by atoms with van der Waals surface area (Å²) in [5.41, 5.74) is 10.5. The first-order chi connectivity index (χ1) is 7.22. The van der Waals surface area contributed by atoms with Crippen LogP contribution in [-0.2, 0) is 6.54 Å². The summed E-state index contributed by atoms with van der Waals surface area (Å²) in [6.07, 6.45) is 0. The molecule has 0 bridgehead atoms. The zero-order valence-corrected chi connectivity index (χ0v) is 9.90. The second-order valence-electron chi connectivity index (χ2n) is 3.29. The molecule has 0 fully saturated rings. The van der Waals surface area contributed by atoms with E-state index in [-0.39, 0.29) is 0 Å². The van der Waals surface area contributed by atoms with Crippen LogP contribution in [0.2, 0.25) is 5.02 Å². The van der Waals surface area contributed by atoms with Crippen molar-refractivity contribution in [3.8, 4) is 10.4 Å². The summed E-state index contributed by atoms with van der Waals surface area (Å²) in [7, 11) is 0. The van der Waals surface area contributed by atoms with E-state index in [0.717, 1.165) is 26.7 Å². The fourth-order valence-electron chi connectivity index (χ4n) is 1.43. The Hall–Kier alpha value is -0.900. The van der Waals surface area contributed by atoms with Crippen LogP contribution < -0.4 is 5.73 Å². The van der Waals surface area contributed by atoms with Crippen LogP contribution in [0.4, 0.5) is 0 Å². The Labute approximate surface area is 97.7 Å². The molecule has 0 spiro atoms. The lowest BCUT2D eigenvalue weighted by Crippen LogP contribution is -1.95. The van der Waals surface area contributed by atoms with Crippen LogP contribution >= 0.6 is 22.9 Å². The molecule has 0 aliphatic heterocycles. The van der Waals surface area contributed by atoms with E-state index in [2.05, 4.69) is 4.98 Å². The van der Waals surface area contributed by atoms with Gasteiger partial charge in [0.25, 0.3) is 0 Å². The van der Waals surface area contributed by atoms with Gasteiger partial charge >= 0.3 is 0 Å². The van der Waals surface area contributed by atoms with Crippen molar-refractivity contribution in [2.75, 3.05) is 0 Å². The highest BCUT2D eigenvalue weighted by Crippen LogP contribution is 2.33. The summed E-state index contributed by atoms with van der Waals surface area (Å²) in [6.45, 7) is 2.50. The fourth-order valence-corrected chi connectivity index (χ4v) is 2.63. The zero-order valence-electron chi connectivity index (χ0n) is 8.33. The van der Waals surface area contributed by atoms with Gasteiger partial charge in [-0.2, -0.15) is 0 Å². The van der Waals surface area contributed by atoms with Crippen molar-refractivity contribution in [1.29, 1.82) is 0 Å². The predicted octanol–water partition coefficient (Wildman–Crippen LogP) is 3.23. The van der Waals surface area contributed by atoms with Crippen molar-refractivity contribution in [2.24, 2.45) is 5.73 Å². The van der Waals surface area contributed by atoms with Crippen LogP contribution in [0, 0.1) is 6.92 Å². The Bertz CT molecular complexity index is 479. The summed E-state index contributed by atoms with van der Waals surface area (Å²) < 4.78 is 0. The lowest BCUT2D eigenvalue weighted by molar-refractivity contribution is 1.07. The smallest absolute Gasteiger partial charge is 0.0801 e. The molecule has 4 heteroatoms. The normalized spacial score (nSPS) is 10.6. The van der Waals surface area contributed by atoms with Crippen LogP contribution in [0.5, 0.6) is 0 Å². The Morgan fingerprint density at radius 1 is 1.47 bits per heavy atom. The monoisotopic (exact) mass is 238 g/mol. The molecule has 78 valence electrons. The van der Waals surface area contributed by atoms with Gasteiger partial charge in [-0.3, -0.25) is 0 Å². The van der Waals surface area contributed by atoms with Gasteiger partial charge in [-0.15, -0.1) is 11.3 Å². The molecule has 1 aromatic heterocycles. The molecule has 2 nitrogen and oxygen atoms in total. The summed E-state index contributed by atoms with van der Waals surface area (Å²) in [6, 6.07) is 5.92. The number of benzene rings is 1. The van der Waals surface area contributed by atoms with Gasteiger partial charge in [0.1, 0.15) is 0 Å². The van der Waals surface area contributed by atoms with Crippen molar-refractivity contribution in [2.45, 2.75) is 13.5 Å². The minimum Gasteiger partial charge on any atom is -0.326 e. The molecule has 0 aliphatic rings. The predicted molar refractivity (Wildman–Crippen MR) is 65.2 cm³/mol. The Morgan fingerprint density at radius 3 is 2.80 bits per heavy atom. The molecule has 0 radical (unpaired) electrons. The summed E-state index contributed by atoms with van der Waals surface area (Å²) >= 11 is 7.80. The van der Waals surface area contributed by atoms with Crippen LogP contribution in [0.1, 0.15) is 11.3 Å². The van der Waals surface area contributed by atoms with Gasteiger partial charge in [-0.1, -0.05) is 23.7 Å². The highest BCUT2D eigenvalue weighted by atomic mass is 35.5. The molecule has 15 heavy (non-hydrogen) atoms. The van der Waals surface area contributed by atoms with Gasteiger partial charge in [0.2, 0.25) is 0 Å². The average Bonchev–Trinajstić information content (AvgIpc) is 2.64. The molecule has 2 aromatic rings. The maximum Gasteiger partial charge on any atom is 0.0801 e. The number of aryl methyl sites for hydroxylation is 1. The molecule has 2 N–H and O–H groups in total. The molecule has 0 unspecified atom stereocenters. The number of halogens is 1. The van der Waals surface area contributed by atoms with Crippen molar-refractivity contribution in [1.82, 2.24) is 4.98 Å². The molecule has 0 saturated heterocycles. The molecule has 0 saturated carbocycles. The molecule has 1 heterocycles. The van der Waals surface area contributed by atoms with Crippen molar-refractivity contribution in [3.05, 3.63) is 40.0 Å². The Morgan fingerprint density at radius 2 is 2.27 bits per heavy atom. The van der Waals surface area contributed by atoms with Crippen LogP contribution in [0.15, 0.2) is 23.7 Å². The lowest BCUT2D eigenvalue weighted by Gasteiger charge is -2.04. The van der Waals surface area contributed by atoms with Gasteiger partial charge in [-0.05, 0) is 18.6 Å². The average molecular weight is 239 g/mol. The molecule has 0 amide bonds. The van der Waals surface area contributed by atoms with E-state index in [4.69, 9.17) is 17.3 Å². The van der Waals surface area contributed by atoms with Gasteiger partial charge in [0, 0.05) is 17.1 Å². The lowest BCUT2D eigenvalue weighted by atomic mass is 10.1. The van der Waals surface area contributed by atoms with E-state index in [1.165, 1.54) is 0 Å². The third-order valence-electron chi connectivity index (χ3n) is 2.26. The minimum absolute atomic E-state index is 0.516. The standard InChI is InChI=1S/C11H11ClN2S/c1-7-11(15-6-14-7)9-3-2-8(5-13)4-10(9)12/h2-4,6H,5,13H2,1H3. The first-order valence-electron chi connectivity index (χ1n) is 4.61. The van der Waals surface area contributed by atoms with Gasteiger partial charge in [0.15, 0.2) is 0 Å². The summed E-state index contributed by atoms with van der Waals surface area (Å²) in [5.74, 6) is 0. The molecule has 0 aliphatic carbocycles. The number of hydrogen-bond donors (Lipinski definition) is 1. The quantitative estimate of drug-likeness (QED) is 0.873. The van der Waals surface area contributed by atoms with Crippen molar-refractivity contribution >= 4 is 22.9 Å². The van der Waals surface area contributed by atoms with Crippen LogP contribution in [0.3, 0.4) is 0 Å². The minimum atomic E-state index is 0.516. The largest absolute Gasteiger partial charge is 0.326 e. The number of hydrogen-bond acceptors (Lipinski definition) is 3. The van der Waals surface area contributed by atoms with Gasteiger partial charge in [-0.25, -0.2) is 4.98 Å². The summed E-state index contributed by atoms with van der Waals surface area (Å²) in [5, 5.41) is 0.741. The topological polar surface area (TPSA) is 38.9 Å². The maximum atomic E-state index is 6.19. The highest BCUT2D eigenvalue weighted by molar-refractivity contribution is 7.13. The third-order valence-corrected chi connectivity index (χ3v) is 3.53. The SMILES string of the molecule is Cc1ncsc1-c1ccc(CN)cc1Cl. The maximum absolute atomic E-state index is 6.19. The van der Waals surface area contributed by atoms with Crippen molar-refractivity contribution in [3.63, 3.8) is 0 Å².